The molecule has 0 radical (unpaired) electrons. The average molecular weight is 348 g/mol. The Hall–Kier alpha value is -2.28. The monoisotopic (exact) mass is 347 g/mol. The lowest BCUT2D eigenvalue weighted by molar-refractivity contribution is 0.625. The van der Waals surface area contributed by atoms with Crippen molar-refractivity contribution in [1.82, 2.24) is 20.2 Å². The molecule has 3 rings (SSSR count). The Bertz CT molecular complexity index is 815. The molecule has 1 aromatic heterocycles. The standard InChI is InChI=1S/C14H11BrFN5/c1-8-6-10(16)3-5-13(8)21-14(18-19-20-21)9-2-4-11(15)12(17)7-9/h2-7H,17H2,1H3. The minimum absolute atomic E-state index is 0.293. The maximum Gasteiger partial charge on any atom is 0.187 e. The molecule has 0 atom stereocenters. The van der Waals surface area contributed by atoms with Crippen molar-refractivity contribution in [3.8, 4) is 17.1 Å². The molecule has 7 heteroatoms. The van der Waals surface area contributed by atoms with Crippen LogP contribution in [-0.4, -0.2) is 20.2 Å². The van der Waals surface area contributed by atoms with Crippen molar-refractivity contribution in [2.75, 3.05) is 5.73 Å². The molecule has 0 saturated carbocycles. The fourth-order valence-electron chi connectivity index (χ4n) is 2.07. The highest BCUT2D eigenvalue weighted by molar-refractivity contribution is 9.10. The molecule has 0 unspecified atom stereocenters. The molecule has 0 fully saturated rings. The summed E-state index contributed by atoms with van der Waals surface area (Å²) in [5.41, 5.74) is 8.73. The Balaban J connectivity index is 2.14. The Kier molecular flexibility index (Phi) is 3.42. The van der Waals surface area contributed by atoms with Gasteiger partial charge in [-0.2, -0.15) is 4.68 Å². The normalized spacial score (nSPS) is 10.8. The second-order valence-corrected chi connectivity index (χ2v) is 5.44. The maximum atomic E-state index is 13.2. The van der Waals surface area contributed by atoms with Crippen molar-refractivity contribution in [3.63, 3.8) is 0 Å². The summed E-state index contributed by atoms with van der Waals surface area (Å²) in [5, 5.41) is 11.7. The third-order valence-corrected chi connectivity index (χ3v) is 3.83. The average Bonchev–Trinajstić information content (AvgIpc) is 2.91. The van der Waals surface area contributed by atoms with Crippen molar-refractivity contribution in [2.45, 2.75) is 6.92 Å². The largest absolute Gasteiger partial charge is 0.398 e. The SMILES string of the molecule is Cc1cc(F)ccc1-n1nnnc1-c1ccc(Br)c(N)c1. The fraction of sp³-hybridized carbons (Fsp3) is 0.0714. The van der Waals surface area contributed by atoms with Crippen molar-refractivity contribution in [2.24, 2.45) is 0 Å². The Morgan fingerprint density at radius 2 is 2.00 bits per heavy atom. The summed E-state index contributed by atoms with van der Waals surface area (Å²) in [6.07, 6.45) is 0. The second kappa shape index (κ2) is 5.25. The number of tetrazole rings is 1. The fourth-order valence-corrected chi connectivity index (χ4v) is 2.32. The summed E-state index contributed by atoms with van der Waals surface area (Å²) >= 11 is 3.35. The highest BCUT2D eigenvalue weighted by atomic mass is 79.9. The summed E-state index contributed by atoms with van der Waals surface area (Å²) in [6, 6.07) is 9.95. The third kappa shape index (κ3) is 2.52. The number of nitrogen functional groups attached to an aromatic ring is 1. The van der Waals surface area contributed by atoms with Gasteiger partial charge in [0.15, 0.2) is 5.82 Å². The van der Waals surface area contributed by atoms with Gasteiger partial charge in [-0.15, -0.1) is 5.10 Å². The number of hydrogen-bond donors (Lipinski definition) is 1. The van der Waals surface area contributed by atoms with Gasteiger partial charge in [-0.25, -0.2) is 4.39 Å². The van der Waals surface area contributed by atoms with Gasteiger partial charge in [0.25, 0.3) is 0 Å². The summed E-state index contributed by atoms with van der Waals surface area (Å²) in [5.74, 6) is 0.252. The molecule has 2 N–H and O–H groups in total. The van der Waals surface area contributed by atoms with E-state index in [1.807, 2.05) is 12.1 Å². The Morgan fingerprint density at radius 3 is 2.71 bits per heavy atom. The van der Waals surface area contributed by atoms with Gasteiger partial charge in [0.2, 0.25) is 0 Å². The summed E-state index contributed by atoms with van der Waals surface area (Å²) < 4.78 is 15.6. The van der Waals surface area contributed by atoms with Gasteiger partial charge in [0.1, 0.15) is 5.82 Å². The van der Waals surface area contributed by atoms with E-state index >= 15 is 0 Å². The minimum atomic E-state index is -0.293. The lowest BCUT2D eigenvalue weighted by atomic mass is 10.1. The van der Waals surface area contributed by atoms with Crippen molar-refractivity contribution >= 4 is 21.6 Å². The molecule has 21 heavy (non-hydrogen) atoms. The van der Waals surface area contributed by atoms with Crippen LogP contribution in [0.15, 0.2) is 40.9 Å². The minimum Gasteiger partial charge on any atom is -0.398 e. The smallest absolute Gasteiger partial charge is 0.187 e. The number of nitrogens with zero attached hydrogens (tertiary/aromatic N) is 4. The number of anilines is 1. The molecule has 0 aliphatic carbocycles. The predicted octanol–water partition coefficient (Wildman–Crippen LogP) is 3.12. The van der Waals surface area contributed by atoms with Crippen LogP contribution in [0, 0.1) is 12.7 Å². The number of halogens is 2. The number of rotatable bonds is 2. The molecule has 1 heterocycles. The number of benzene rings is 2. The molecule has 0 aliphatic rings. The predicted molar refractivity (Wildman–Crippen MR) is 81.4 cm³/mol. The van der Waals surface area contributed by atoms with Gasteiger partial charge < -0.3 is 5.73 Å². The molecule has 0 aliphatic heterocycles. The lowest BCUT2D eigenvalue weighted by Crippen LogP contribution is -2.03. The lowest BCUT2D eigenvalue weighted by Gasteiger charge is -2.08. The first-order valence-electron chi connectivity index (χ1n) is 6.16. The topological polar surface area (TPSA) is 69.6 Å². The highest BCUT2D eigenvalue weighted by Crippen LogP contribution is 2.27. The zero-order chi connectivity index (χ0) is 15.0. The van der Waals surface area contributed by atoms with Gasteiger partial charge in [-0.05, 0) is 75.2 Å². The first-order chi connectivity index (χ1) is 10.1. The van der Waals surface area contributed by atoms with Crippen LogP contribution < -0.4 is 5.73 Å². The van der Waals surface area contributed by atoms with Crippen molar-refractivity contribution in [1.29, 1.82) is 0 Å². The van der Waals surface area contributed by atoms with Crippen LogP contribution in [0.4, 0.5) is 10.1 Å². The van der Waals surface area contributed by atoms with E-state index in [2.05, 4.69) is 31.5 Å². The number of hydrogen-bond acceptors (Lipinski definition) is 4. The van der Waals surface area contributed by atoms with Gasteiger partial charge in [-0.3, -0.25) is 0 Å². The quantitative estimate of drug-likeness (QED) is 0.723. The number of aryl methyl sites for hydroxylation is 1. The Morgan fingerprint density at radius 1 is 1.19 bits per heavy atom. The zero-order valence-corrected chi connectivity index (χ0v) is 12.7. The van der Waals surface area contributed by atoms with Crippen molar-refractivity contribution in [3.05, 3.63) is 52.3 Å². The maximum absolute atomic E-state index is 13.2. The van der Waals surface area contributed by atoms with E-state index in [1.165, 1.54) is 12.1 Å². The molecular formula is C14H11BrFN5. The molecule has 2 aromatic carbocycles. The molecule has 0 saturated heterocycles. The molecule has 0 bridgehead atoms. The summed E-state index contributed by atoms with van der Waals surface area (Å²) in [6.45, 7) is 1.81. The van der Waals surface area contributed by atoms with Crippen LogP contribution in [0.5, 0.6) is 0 Å². The van der Waals surface area contributed by atoms with E-state index in [-0.39, 0.29) is 5.82 Å². The van der Waals surface area contributed by atoms with Gasteiger partial charge in [-0.1, -0.05) is 0 Å². The molecular weight excluding hydrogens is 337 g/mol. The van der Waals surface area contributed by atoms with Crippen LogP contribution in [0.2, 0.25) is 0 Å². The molecule has 0 spiro atoms. The molecule has 0 amide bonds. The highest BCUT2D eigenvalue weighted by Gasteiger charge is 2.13. The van der Waals surface area contributed by atoms with E-state index in [4.69, 9.17) is 5.73 Å². The van der Waals surface area contributed by atoms with E-state index in [9.17, 15) is 4.39 Å². The van der Waals surface area contributed by atoms with Crippen LogP contribution in [0.1, 0.15) is 5.56 Å². The van der Waals surface area contributed by atoms with Crippen molar-refractivity contribution < 1.29 is 4.39 Å². The number of nitrogens with two attached hydrogens (primary N) is 1. The van der Waals surface area contributed by atoms with Crippen LogP contribution in [0.25, 0.3) is 17.1 Å². The molecule has 106 valence electrons. The van der Waals surface area contributed by atoms with Crippen LogP contribution in [-0.2, 0) is 0 Å². The van der Waals surface area contributed by atoms with Crippen LogP contribution in [0.3, 0.4) is 0 Å². The van der Waals surface area contributed by atoms with Gasteiger partial charge >= 0.3 is 0 Å². The second-order valence-electron chi connectivity index (χ2n) is 4.58. The first-order valence-corrected chi connectivity index (χ1v) is 6.96. The first kappa shape index (κ1) is 13.7. The van der Waals surface area contributed by atoms with E-state index < -0.39 is 0 Å². The van der Waals surface area contributed by atoms with E-state index in [0.29, 0.717) is 11.5 Å². The van der Waals surface area contributed by atoms with E-state index in [1.54, 1.807) is 23.7 Å². The van der Waals surface area contributed by atoms with Crippen LogP contribution >= 0.6 is 15.9 Å². The third-order valence-electron chi connectivity index (χ3n) is 3.11. The molecule has 3 aromatic rings. The summed E-state index contributed by atoms with van der Waals surface area (Å²) in [7, 11) is 0. The van der Waals surface area contributed by atoms with Gasteiger partial charge in [0, 0.05) is 15.7 Å². The Labute approximate surface area is 128 Å². The summed E-state index contributed by atoms with van der Waals surface area (Å²) in [4.78, 5) is 0. The number of aromatic nitrogens is 4. The zero-order valence-electron chi connectivity index (χ0n) is 11.1. The van der Waals surface area contributed by atoms with Gasteiger partial charge in [0.05, 0.1) is 5.69 Å². The molecule has 5 nitrogen and oxygen atoms in total. The van der Waals surface area contributed by atoms with E-state index in [0.717, 1.165) is 21.3 Å².